The summed E-state index contributed by atoms with van der Waals surface area (Å²) in [6.45, 7) is 9.48. The topological polar surface area (TPSA) is 124 Å². The van der Waals surface area contributed by atoms with Crippen molar-refractivity contribution < 1.29 is 62.6 Å². The molecule has 0 spiro atoms. The summed E-state index contributed by atoms with van der Waals surface area (Å²) in [5.41, 5.74) is 2.92. The zero-order chi connectivity index (χ0) is 39.9. The van der Waals surface area contributed by atoms with Gasteiger partial charge in [-0.15, -0.1) is 0 Å². The van der Waals surface area contributed by atoms with E-state index in [4.69, 9.17) is 0 Å². The fourth-order valence-corrected chi connectivity index (χ4v) is 8.10. The van der Waals surface area contributed by atoms with Gasteiger partial charge in [-0.05, 0) is 25.7 Å². The number of rotatable bonds is 28. The van der Waals surface area contributed by atoms with Gasteiger partial charge in [-0.3, -0.25) is 0 Å². The predicted molar refractivity (Wildman–Crippen MR) is 202 cm³/mol. The van der Waals surface area contributed by atoms with Gasteiger partial charge in [-0.25, -0.2) is 0 Å². The normalized spacial score (nSPS) is 12.1. The van der Waals surface area contributed by atoms with Crippen molar-refractivity contribution in [2.45, 2.75) is 155 Å². The molecule has 0 aromatic heterocycles. The SMILES string of the molecule is CCCCCCCCCCCC[N+](C)(C)Cc1ccccc1.CCCCCCCCCCCC[N+](C)(C)Cc1ccccc1.[O]=[Cr](=[O])([O-])[O][Cr](=[O])(=[O])[O-]. The molecule has 53 heavy (non-hydrogen) atoms. The van der Waals surface area contributed by atoms with Gasteiger partial charge in [0.2, 0.25) is 0 Å². The zero-order valence-corrected chi connectivity index (χ0v) is 36.9. The Balaban J connectivity index is 0.000000833. The van der Waals surface area contributed by atoms with E-state index in [1.54, 1.807) is 0 Å². The first-order valence-corrected chi connectivity index (χ1v) is 24.5. The van der Waals surface area contributed by atoms with Gasteiger partial charge >= 0.3 is 53.6 Å². The maximum absolute atomic E-state index is 9.38. The predicted octanol–water partition coefficient (Wildman–Crippen LogP) is 9.44. The van der Waals surface area contributed by atoms with Gasteiger partial charge in [0, 0.05) is 11.1 Å². The first kappa shape index (κ1) is 51.5. The summed E-state index contributed by atoms with van der Waals surface area (Å²) in [5, 5.41) is 0. The summed E-state index contributed by atoms with van der Waals surface area (Å²) in [5.74, 6) is 0. The third-order valence-electron chi connectivity index (χ3n) is 9.31. The molecule has 11 heteroatoms. The van der Waals surface area contributed by atoms with Gasteiger partial charge in [-0.2, -0.15) is 0 Å². The molecule has 0 atom stereocenters. The molecular formula is C42H76Cr2N2O7. The molecule has 0 bridgehead atoms. The molecule has 0 aliphatic carbocycles. The summed E-state index contributed by atoms with van der Waals surface area (Å²) in [6, 6.07) is 21.8. The molecule has 308 valence electrons. The Hall–Kier alpha value is -1.50. The standard InChI is InChI=1S/2C21H38N.2Cr.7O/c2*1-4-5-6-7-8-9-10-11-12-16-19-22(2,3)20-21-17-14-13-15-18-21;;;;;;;;;/h2*13-15,17-18H,4-12,16,19-20H2,1-3H3;;;;;;;;;/q2*+1;;;;;;;;2*-1. The number of unbranched alkanes of at least 4 members (excludes halogenated alkanes) is 18. The summed E-state index contributed by atoms with van der Waals surface area (Å²) < 4.78 is 61.1. The van der Waals surface area contributed by atoms with Crippen LogP contribution in [0.1, 0.15) is 153 Å². The number of quaternary nitrogens is 2. The van der Waals surface area contributed by atoms with E-state index in [2.05, 4.69) is 106 Å². The van der Waals surface area contributed by atoms with Gasteiger partial charge in [-0.1, -0.05) is 177 Å². The molecule has 0 aliphatic heterocycles. The van der Waals surface area contributed by atoms with Crippen molar-refractivity contribution >= 4 is 0 Å². The third kappa shape index (κ3) is 37.2. The third-order valence-corrected chi connectivity index (χ3v) is 12.0. The van der Waals surface area contributed by atoms with Crippen molar-refractivity contribution in [2.24, 2.45) is 0 Å². The van der Waals surface area contributed by atoms with E-state index in [9.17, 15) is 23.5 Å². The van der Waals surface area contributed by atoms with E-state index >= 15 is 0 Å². The average molecular weight is 825 g/mol. The van der Waals surface area contributed by atoms with Crippen molar-refractivity contribution in [3.8, 4) is 0 Å². The second-order valence-corrected chi connectivity index (χ2v) is 19.5. The molecule has 0 N–H and O–H groups in total. The minimum absolute atomic E-state index is 1.11. The maximum atomic E-state index is 9.38. The molecule has 0 saturated carbocycles. The second-order valence-electron chi connectivity index (χ2n) is 15.9. The summed E-state index contributed by atoms with van der Waals surface area (Å²) in [6.07, 6.45) is 28.5. The number of hydrogen-bond donors (Lipinski definition) is 0. The van der Waals surface area contributed by atoms with Gasteiger partial charge in [0.05, 0.1) is 41.3 Å². The van der Waals surface area contributed by atoms with Crippen LogP contribution >= 0.6 is 0 Å². The van der Waals surface area contributed by atoms with Gasteiger partial charge in [0.25, 0.3) is 0 Å². The molecule has 2 aromatic carbocycles. The molecule has 0 fully saturated rings. The quantitative estimate of drug-likeness (QED) is 0.0619. The molecule has 9 nitrogen and oxygen atoms in total. The summed E-state index contributed by atoms with van der Waals surface area (Å²) in [7, 11) is 9.45. The van der Waals surface area contributed by atoms with Crippen LogP contribution in [0.4, 0.5) is 0 Å². The average Bonchev–Trinajstić information content (AvgIpc) is 3.06. The van der Waals surface area contributed by atoms with Crippen molar-refractivity contribution in [3.63, 3.8) is 0 Å². The van der Waals surface area contributed by atoms with E-state index in [0.717, 1.165) is 22.1 Å². The van der Waals surface area contributed by atoms with Crippen LogP contribution in [0.5, 0.6) is 0 Å². The zero-order valence-electron chi connectivity index (χ0n) is 34.3. The van der Waals surface area contributed by atoms with E-state index in [1.807, 2.05) is 0 Å². The fraction of sp³-hybridized carbons (Fsp3) is 0.714. The Morgan fingerprint density at radius 1 is 0.434 bits per heavy atom. The van der Waals surface area contributed by atoms with Crippen molar-refractivity contribution in [1.82, 2.24) is 0 Å². The molecule has 2 aromatic rings. The number of hydrogen-bond acceptors (Lipinski definition) is 7. The van der Waals surface area contributed by atoms with Crippen molar-refractivity contribution in [1.29, 1.82) is 0 Å². The molecule has 0 heterocycles. The van der Waals surface area contributed by atoms with E-state index in [1.165, 1.54) is 153 Å². The number of nitrogens with zero attached hydrogens (tertiary/aromatic N) is 2. The first-order valence-electron chi connectivity index (χ1n) is 20.3. The van der Waals surface area contributed by atoms with Gasteiger partial charge in [0.1, 0.15) is 13.1 Å². The van der Waals surface area contributed by atoms with Crippen LogP contribution in [-0.4, -0.2) is 50.2 Å². The second kappa shape index (κ2) is 30.7. The Morgan fingerprint density at radius 3 is 0.906 bits per heavy atom. The van der Waals surface area contributed by atoms with Crippen LogP contribution in [0.25, 0.3) is 0 Å². The van der Waals surface area contributed by atoms with Gasteiger partial charge < -0.3 is 8.97 Å². The van der Waals surface area contributed by atoms with Crippen LogP contribution in [0.3, 0.4) is 0 Å². The number of benzene rings is 2. The molecule has 2 rings (SSSR count). The Morgan fingerprint density at radius 2 is 0.679 bits per heavy atom. The van der Waals surface area contributed by atoms with Crippen LogP contribution in [0.15, 0.2) is 60.7 Å². The molecule has 0 saturated heterocycles. The molecular weight excluding hydrogens is 748 g/mol. The summed E-state index contributed by atoms with van der Waals surface area (Å²) in [4.78, 5) is 0. The van der Waals surface area contributed by atoms with Crippen LogP contribution in [0.2, 0.25) is 0 Å². The molecule has 0 amide bonds. The van der Waals surface area contributed by atoms with E-state index in [-0.39, 0.29) is 0 Å². The Labute approximate surface area is 329 Å². The van der Waals surface area contributed by atoms with Crippen LogP contribution in [-0.2, 0) is 58.4 Å². The van der Waals surface area contributed by atoms with Crippen LogP contribution < -0.4 is 8.32 Å². The Kier molecular flexibility index (Phi) is 29.8. The van der Waals surface area contributed by atoms with Crippen molar-refractivity contribution in [3.05, 3.63) is 71.8 Å². The molecule has 0 unspecified atom stereocenters. The van der Waals surface area contributed by atoms with E-state index < -0.39 is 27.2 Å². The van der Waals surface area contributed by atoms with Gasteiger partial charge in [0.15, 0.2) is 0 Å². The van der Waals surface area contributed by atoms with E-state index in [0.29, 0.717) is 0 Å². The minimum atomic E-state index is -6.07. The fourth-order valence-electron chi connectivity index (χ4n) is 6.47. The summed E-state index contributed by atoms with van der Waals surface area (Å²) >= 11 is -12.1. The molecule has 0 radical (unpaired) electrons. The van der Waals surface area contributed by atoms with Crippen molar-refractivity contribution in [2.75, 3.05) is 41.3 Å². The monoisotopic (exact) mass is 824 g/mol. The molecule has 0 aliphatic rings. The van der Waals surface area contributed by atoms with Crippen LogP contribution in [0, 0.1) is 0 Å². The first-order chi connectivity index (χ1) is 25.0. The Bertz CT molecular complexity index is 1230.